The molecule has 0 spiro atoms. The molecule has 0 atom stereocenters. The van der Waals surface area contributed by atoms with Gasteiger partial charge in [-0.05, 0) is 47.9 Å². The summed E-state index contributed by atoms with van der Waals surface area (Å²) in [6, 6.07) is 7.87. The molecule has 25 heavy (non-hydrogen) atoms. The first-order valence-electron chi connectivity index (χ1n) is 8.68. The number of amides is 1. The predicted octanol–water partition coefficient (Wildman–Crippen LogP) is 3.93. The maximum Gasteiger partial charge on any atom is 0.276 e. The summed E-state index contributed by atoms with van der Waals surface area (Å²) in [5, 5.41) is 0. The van der Waals surface area contributed by atoms with E-state index in [0.29, 0.717) is 18.1 Å². The minimum absolute atomic E-state index is 0.0289. The average Bonchev–Trinajstić information content (AvgIpc) is 2.51. The number of ketones is 1. The summed E-state index contributed by atoms with van der Waals surface area (Å²) in [7, 11) is 0. The van der Waals surface area contributed by atoms with E-state index < -0.39 is 0 Å². The molecule has 0 bridgehead atoms. The van der Waals surface area contributed by atoms with Crippen molar-refractivity contribution in [3.8, 4) is 0 Å². The molecule has 0 saturated carbocycles. The van der Waals surface area contributed by atoms with Crippen LogP contribution in [0.3, 0.4) is 0 Å². The smallest absolute Gasteiger partial charge is 0.276 e. The fraction of sp³-hybridized carbons (Fsp3) is 0.500. The SMILES string of the molecule is CC1=C(OCC(=O)NNc2ccc(C(C)C)cc2)C(=O)CC(C)(C)C1. The van der Waals surface area contributed by atoms with Crippen LogP contribution < -0.4 is 10.9 Å². The van der Waals surface area contributed by atoms with Gasteiger partial charge in [-0.2, -0.15) is 0 Å². The number of nitrogens with one attached hydrogen (secondary N) is 2. The lowest BCUT2D eigenvalue weighted by atomic mass is 9.76. The van der Waals surface area contributed by atoms with Gasteiger partial charge in [0, 0.05) is 6.42 Å². The molecule has 1 aliphatic rings. The number of carbonyl (C=O) groups excluding carboxylic acids is 2. The number of allylic oxidation sites excluding steroid dienone is 2. The predicted molar refractivity (Wildman–Crippen MR) is 99.0 cm³/mol. The second-order valence-corrected chi connectivity index (χ2v) is 7.79. The van der Waals surface area contributed by atoms with Gasteiger partial charge in [-0.15, -0.1) is 0 Å². The van der Waals surface area contributed by atoms with E-state index in [1.165, 1.54) is 5.56 Å². The van der Waals surface area contributed by atoms with Crippen molar-refractivity contribution in [2.45, 2.75) is 53.4 Å². The molecule has 0 aromatic heterocycles. The Morgan fingerprint density at radius 3 is 2.40 bits per heavy atom. The van der Waals surface area contributed by atoms with Crippen molar-refractivity contribution in [2.75, 3.05) is 12.0 Å². The van der Waals surface area contributed by atoms with E-state index in [1.54, 1.807) is 0 Å². The van der Waals surface area contributed by atoms with Gasteiger partial charge in [0.2, 0.25) is 0 Å². The van der Waals surface area contributed by atoms with Crippen molar-refractivity contribution in [1.29, 1.82) is 0 Å². The summed E-state index contributed by atoms with van der Waals surface area (Å²) in [6.07, 6.45) is 1.25. The Balaban J connectivity index is 1.84. The van der Waals surface area contributed by atoms with Crippen molar-refractivity contribution in [3.63, 3.8) is 0 Å². The zero-order valence-electron chi connectivity index (χ0n) is 15.7. The van der Waals surface area contributed by atoms with Crippen LogP contribution in [0.1, 0.15) is 58.9 Å². The van der Waals surface area contributed by atoms with E-state index in [0.717, 1.165) is 17.7 Å². The van der Waals surface area contributed by atoms with Crippen molar-refractivity contribution in [2.24, 2.45) is 5.41 Å². The summed E-state index contributed by atoms with van der Waals surface area (Å²) >= 11 is 0. The quantitative estimate of drug-likeness (QED) is 0.767. The first-order chi connectivity index (χ1) is 11.7. The van der Waals surface area contributed by atoms with Gasteiger partial charge in [-0.3, -0.25) is 20.4 Å². The maximum absolute atomic E-state index is 12.2. The number of anilines is 1. The normalized spacial score (nSPS) is 16.8. The van der Waals surface area contributed by atoms with Crippen molar-refractivity contribution < 1.29 is 14.3 Å². The second kappa shape index (κ2) is 7.72. The molecule has 0 aliphatic heterocycles. The number of ether oxygens (including phenoxy) is 1. The second-order valence-electron chi connectivity index (χ2n) is 7.79. The summed E-state index contributed by atoms with van der Waals surface area (Å²) in [6.45, 7) is 10.1. The molecule has 136 valence electrons. The van der Waals surface area contributed by atoms with Gasteiger partial charge in [0.25, 0.3) is 5.91 Å². The minimum atomic E-state index is -0.328. The first kappa shape index (κ1) is 19.0. The highest BCUT2D eigenvalue weighted by Gasteiger charge is 2.32. The van der Waals surface area contributed by atoms with E-state index in [1.807, 2.05) is 31.2 Å². The summed E-state index contributed by atoms with van der Waals surface area (Å²) < 4.78 is 5.48. The molecule has 1 amide bonds. The number of benzene rings is 1. The van der Waals surface area contributed by atoms with E-state index in [2.05, 4.69) is 38.5 Å². The fourth-order valence-corrected chi connectivity index (χ4v) is 3.08. The number of Topliss-reactive ketones (excluding diaryl/α,β-unsaturated/α-hetero) is 1. The van der Waals surface area contributed by atoms with Crippen LogP contribution in [-0.4, -0.2) is 18.3 Å². The molecule has 0 fully saturated rings. The largest absolute Gasteiger partial charge is 0.480 e. The lowest BCUT2D eigenvalue weighted by Crippen LogP contribution is -2.34. The molecule has 0 unspecified atom stereocenters. The van der Waals surface area contributed by atoms with Crippen LogP contribution in [0.15, 0.2) is 35.6 Å². The highest BCUT2D eigenvalue weighted by Crippen LogP contribution is 2.36. The fourth-order valence-electron chi connectivity index (χ4n) is 3.08. The topological polar surface area (TPSA) is 67.4 Å². The zero-order valence-corrected chi connectivity index (χ0v) is 15.7. The van der Waals surface area contributed by atoms with Crippen molar-refractivity contribution in [3.05, 3.63) is 41.2 Å². The lowest BCUT2D eigenvalue weighted by Gasteiger charge is -2.30. The summed E-state index contributed by atoms with van der Waals surface area (Å²) in [4.78, 5) is 24.1. The Morgan fingerprint density at radius 2 is 1.84 bits per heavy atom. The average molecular weight is 344 g/mol. The molecule has 2 N–H and O–H groups in total. The zero-order chi connectivity index (χ0) is 18.6. The molecule has 1 aromatic rings. The lowest BCUT2D eigenvalue weighted by molar-refractivity contribution is -0.127. The molecular formula is C20H28N2O3. The third kappa shape index (κ3) is 5.34. The molecule has 2 rings (SSSR count). The van der Waals surface area contributed by atoms with Gasteiger partial charge in [0.1, 0.15) is 0 Å². The Kier molecular flexibility index (Phi) is 5.88. The highest BCUT2D eigenvalue weighted by atomic mass is 16.5. The van der Waals surface area contributed by atoms with Gasteiger partial charge in [-0.25, -0.2) is 0 Å². The molecule has 5 nitrogen and oxygen atoms in total. The minimum Gasteiger partial charge on any atom is -0.480 e. The van der Waals surface area contributed by atoms with Crippen LogP contribution in [0, 0.1) is 5.41 Å². The van der Waals surface area contributed by atoms with Crippen LogP contribution in [0.5, 0.6) is 0 Å². The van der Waals surface area contributed by atoms with E-state index in [-0.39, 0.29) is 23.7 Å². The van der Waals surface area contributed by atoms with Crippen LogP contribution in [0.4, 0.5) is 5.69 Å². The molecule has 0 heterocycles. The Hall–Kier alpha value is -2.30. The number of carbonyl (C=O) groups is 2. The Bertz CT molecular complexity index is 673. The standard InChI is InChI=1S/C20H28N2O3/c1-13(2)15-6-8-16(9-7-15)21-22-18(24)12-25-19-14(3)10-20(4,5)11-17(19)23/h6-9,13,21H,10-12H2,1-5H3,(H,22,24). The number of hydrogen-bond acceptors (Lipinski definition) is 4. The molecule has 0 saturated heterocycles. The third-order valence-electron chi connectivity index (χ3n) is 4.29. The third-order valence-corrected chi connectivity index (χ3v) is 4.29. The van der Waals surface area contributed by atoms with Gasteiger partial charge in [0.05, 0.1) is 5.69 Å². The number of rotatable bonds is 6. The van der Waals surface area contributed by atoms with Gasteiger partial charge >= 0.3 is 0 Å². The van der Waals surface area contributed by atoms with Gasteiger partial charge in [-0.1, -0.05) is 39.8 Å². The highest BCUT2D eigenvalue weighted by molar-refractivity contribution is 5.96. The van der Waals surface area contributed by atoms with Gasteiger partial charge in [0.15, 0.2) is 18.1 Å². The van der Waals surface area contributed by atoms with Crippen LogP contribution in [0.25, 0.3) is 0 Å². The molecule has 0 radical (unpaired) electrons. The van der Waals surface area contributed by atoms with Gasteiger partial charge < -0.3 is 4.74 Å². The number of hydrogen-bond donors (Lipinski definition) is 2. The van der Waals surface area contributed by atoms with Crippen molar-refractivity contribution >= 4 is 17.4 Å². The summed E-state index contributed by atoms with van der Waals surface area (Å²) in [5.41, 5.74) is 8.34. The Labute approximate surface area is 149 Å². The van der Waals surface area contributed by atoms with Crippen LogP contribution in [-0.2, 0) is 14.3 Å². The monoisotopic (exact) mass is 344 g/mol. The Morgan fingerprint density at radius 1 is 1.20 bits per heavy atom. The van der Waals surface area contributed by atoms with Crippen LogP contribution >= 0.6 is 0 Å². The van der Waals surface area contributed by atoms with E-state index >= 15 is 0 Å². The molecule has 1 aromatic carbocycles. The van der Waals surface area contributed by atoms with Crippen LogP contribution in [0.2, 0.25) is 0 Å². The molecular weight excluding hydrogens is 316 g/mol. The van der Waals surface area contributed by atoms with E-state index in [4.69, 9.17) is 4.74 Å². The number of hydrazine groups is 1. The molecule has 1 aliphatic carbocycles. The van der Waals surface area contributed by atoms with E-state index in [9.17, 15) is 9.59 Å². The molecule has 5 heteroatoms. The van der Waals surface area contributed by atoms with Crippen molar-refractivity contribution in [1.82, 2.24) is 5.43 Å². The maximum atomic E-state index is 12.2. The first-order valence-corrected chi connectivity index (χ1v) is 8.68. The summed E-state index contributed by atoms with van der Waals surface area (Å²) in [5.74, 6) is 0.451.